The standard InChI is InChI=1S/C20H33NO3/c1-3-4-5-6-7-8-9-10-11-12-17-24-20(22)21-18-13-15-19(23-2)16-14-18/h13-16H,3-12,17H2,1-2H3,(H,21,22). The summed E-state index contributed by atoms with van der Waals surface area (Å²) in [6.45, 7) is 2.73. The SMILES string of the molecule is CCCCCCCCCCCCOC(=O)Nc1ccc(OC)cc1. The van der Waals surface area contributed by atoms with Gasteiger partial charge in [-0.1, -0.05) is 64.7 Å². The monoisotopic (exact) mass is 335 g/mol. The zero-order chi connectivity index (χ0) is 17.5. The minimum atomic E-state index is -0.393. The summed E-state index contributed by atoms with van der Waals surface area (Å²) in [5.41, 5.74) is 0.712. The number of hydrogen-bond acceptors (Lipinski definition) is 3. The van der Waals surface area contributed by atoms with E-state index in [1.807, 2.05) is 0 Å². The Labute approximate surface area is 146 Å². The number of methoxy groups -OCH3 is 1. The molecule has 0 fully saturated rings. The second kappa shape index (κ2) is 13.7. The van der Waals surface area contributed by atoms with Crippen molar-refractivity contribution in [2.45, 2.75) is 71.1 Å². The van der Waals surface area contributed by atoms with Crippen molar-refractivity contribution in [3.8, 4) is 5.75 Å². The molecule has 0 aliphatic carbocycles. The van der Waals surface area contributed by atoms with Crippen LogP contribution in [0.15, 0.2) is 24.3 Å². The minimum absolute atomic E-state index is 0.393. The van der Waals surface area contributed by atoms with Crippen molar-refractivity contribution in [2.75, 3.05) is 19.0 Å². The number of hydrogen-bond donors (Lipinski definition) is 1. The number of benzene rings is 1. The van der Waals surface area contributed by atoms with Gasteiger partial charge in [-0.3, -0.25) is 5.32 Å². The van der Waals surface area contributed by atoms with Crippen LogP contribution >= 0.6 is 0 Å². The summed E-state index contributed by atoms with van der Waals surface area (Å²) >= 11 is 0. The van der Waals surface area contributed by atoms with E-state index in [1.54, 1.807) is 31.4 Å². The predicted octanol–water partition coefficient (Wildman–Crippen LogP) is 6.16. The molecule has 0 heterocycles. The lowest BCUT2D eigenvalue weighted by Gasteiger charge is -2.07. The summed E-state index contributed by atoms with van der Waals surface area (Å²) in [7, 11) is 1.61. The lowest BCUT2D eigenvalue weighted by molar-refractivity contribution is 0.159. The van der Waals surface area contributed by atoms with E-state index in [1.165, 1.54) is 51.4 Å². The Hall–Kier alpha value is -1.71. The van der Waals surface area contributed by atoms with E-state index in [2.05, 4.69) is 12.2 Å². The Kier molecular flexibility index (Phi) is 11.6. The Bertz CT molecular complexity index is 431. The van der Waals surface area contributed by atoms with Crippen molar-refractivity contribution < 1.29 is 14.3 Å². The number of carbonyl (C=O) groups excluding carboxylic acids is 1. The zero-order valence-electron chi connectivity index (χ0n) is 15.3. The van der Waals surface area contributed by atoms with Gasteiger partial charge in [0.25, 0.3) is 0 Å². The maximum Gasteiger partial charge on any atom is 0.411 e. The van der Waals surface area contributed by atoms with Gasteiger partial charge >= 0.3 is 6.09 Å². The molecule has 0 bridgehead atoms. The van der Waals surface area contributed by atoms with Gasteiger partial charge in [0.2, 0.25) is 0 Å². The van der Waals surface area contributed by atoms with E-state index >= 15 is 0 Å². The molecule has 1 aromatic rings. The highest BCUT2D eigenvalue weighted by Gasteiger charge is 2.03. The molecule has 0 radical (unpaired) electrons. The Morgan fingerprint density at radius 1 is 0.875 bits per heavy atom. The third-order valence-corrected chi connectivity index (χ3v) is 4.07. The summed E-state index contributed by atoms with van der Waals surface area (Å²) in [6, 6.07) is 7.19. The Balaban J connectivity index is 1.94. The molecule has 1 rings (SSSR count). The first-order valence-corrected chi connectivity index (χ1v) is 9.34. The first-order valence-electron chi connectivity index (χ1n) is 9.34. The third kappa shape index (κ3) is 10.1. The van der Waals surface area contributed by atoms with Crippen molar-refractivity contribution in [3.63, 3.8) is 0 Å². The smallest absolute Gasteiger partial charge is 0.411 e. The van der Waals surface area contributed by atoms with E-state index in [0.717, 1.165) is 18.6 Å². The molecule has 4 heteroatoms. The van der Waals surface area contributed by atoms with E-state index in [0.29, 0.717) is 12.3 Å². The molecule has 136 valence electrons. The number of carbonyl (C=O) groups is 1. The number of nitrogens with one attached hydrogen (secondary N) is 1. The van der Waals surface area contributed by atoms with Crippen LogP contribution in [0.1, 0.15) is 71.1 Å². The molecule has 0 saturated heterocycles. The Morgan fingerprint density at radius 3 is 1.96 bits per heavy atom. The van der Waals surface area contributed by atoms with Gasteiger partial charge in [-0.15, -0.1) is 0 Å². The first kappa shape index (κ1) is 20.3. The van der Waals surface area contributed by atoms with Gasteiger partial charge in [0.15, 0.2) is 0 Å². The van der Waals surface area contributed by atoms with Gasteiger partial charge in [0.1, 0.15) is 5.75 Å². The number of unbranched alkanes of at least 4 members (excludes halogenated alkanes) is 9. The number of amides is 1. The summed E-state index contributed by atoms with van der Waals surface area (Å²) in [4.78, 5) is 11.7. The van der Waals surface area contributed by atoms with E-state index in [9.17, 15) is 4.79 Å². The second-order valence-corrected chi connectivity index (χ2v) is 6.17. The minimum Gasteiger partial charge on any atom is -0.497 e. The number of anilines is 1. The molecular weight excluding hydrogens is 302 g/mol. The van der Waals surface area contributed by atoms with E-state index < -0.39 is 6.09 Å². The molecule has 1 aromatic carbocycles. The molecular formula is C20H33NO3. The van der Waals surface area contributed by atoms with E-state index in [-0.39, 0.29) is 0 Å². The zero-order valence-corrected chi connectivity index (χ0v) is 15.3. The highest BCUT2D eigenvalue weighted by molar-refractivity contribution is 5.84. The molecule has 4 nitrogen and oxygen atoms in total. The van der Waals surface area contributed by atoms with Crippen molar-refractivity contribution in [1.29, 1.82) is 0 Å². The summed E-state index contributed by atoms with van der Waals surface area (Å²) < 4.78 is 10.3. The van der Waals surface area contributed by atoms with Crippen LogP contribution < -0.4 is 10.1 Å². The summed E-state index contributed by atoms with van der Waals surface area (Å²) in [6.07, 6.45) is 12.3. The van der Waals surface area contributed by atoms with Crippen LogP contribution in [0.5, 0.6) is 5.75 Å². The van der Waals surface area contributed by atoms with Gasteiger partial charge in [0, 0.05) is 5.69 Å². The van der Waals surface area contributed by atoms with Gasteiger partial charge in [0.05, 0.1) is 13.7 Å². The van der Waals surface area contributed by atoms with Crippen LogP contribution in [0.25, 0.3) is 0 Å². The highest BCUT2D eigenvalue weighted by Crippen LogP contribution is 2.15. The topological polar surface area (TPSA) is 47.6 Å². The van der Waals surface area contributed by atoms with Gasteiger partial charge in [-0.2, -0.15) is 0 Å². The first-order chi connectivity index (χ1) is 11.8. The van der Waals surface area contributed by atoms with Gasteiger partial charge in [-0.25, -0.2) is 4.79 Å². The largest absolute Gasteiger partial charge is 0.497 e. The van der Waals surface area contributed by atoms with Crippen LogP contribution in [0.2, 0.25) is 0 Å². The van der Waals surface area contributed by atoms with E-state index in [4.69, 9.17) is 9.47 Å². The average Bonchev–Trinajstić information content (AvgIpc) is 2.60. The molecule has 24 heavy (non-hydrogen) atoms. The molecule has 0 atom stereocenters. The number of ether oxygens (including phenoxy) is 2. The second-order valence-electron chi connectivity index (χ2n) is 6.17. The fraction of sp³-hybridized carbons (Fsp3) is 0.650. The molecule has 1 N–H and O–H groups in total. The molecule has 0 saturated carbocycles. The van der Waals surface area contributed by atoms with Crippen LogP contribution in [0, 0.1) is 0 Å². The van der Waals surface area contributed by atoms with Crippen LogP contribution in [-0.2, 0) is 4.74 Å². The highest BCUT2D eigenvalue weighted by atomic mass is 16.5. The van der Waals surface area contributed by atoms with Crippen molar-refractivity contribution in [2.24, 2.45) is 0 Å². The fourth-order valence-corrected chi connectivity index (χ4v) is 2.58. The van der Waals surface area contributed by atoms with Crippen molar-refractivity contribution in [1.82, 2.24) is 0 Å². The molecule has 0 unspecified atom stereocenters. The van der Waals surface area contributed by atoms with Crippen LogP contribution in [0.3, 0.4) is 0 Å². The maximum absolute atomic E-state index is 11.7. The average molecular weight is 335 g/mol. The summed E-state index contributed by atoms with van der Waals surface area (Å²) in [5.74, 6) is 0.763. The van der Waals surface area contributed by atoms with Gasteiger partial charge < -0.3 is 9.47 Å². The maximum atomic E-state index is 11.7. The fourth-order valence-electron chi connectivity index (χ4n) is 2.58. The predicted molar refractivity (Wildman–Crippen MR) is 99.8 cm³/mol. The molecule has 0 aliphatic rings. The normalized spacial score (nSPS) is 10.4. The lowest BCUT2D eigenvalue weighted by atomic mass is 10.1. The summed E-state index contributed by atoms with van der Waals surface area (Å²) in [5, 5.41) is 2.71. The molecule has 0 aliphatic heterocycles. The van der Waals surface area contributed by atoms with Gasteiger partial charge in [-0.05, 0) is 30.7 Å². The van der Waals surface area contributed by atoms with Crippen LogP contribution in [-0.4, -0.2) is 19.8 Å². The third-order valence-electron chi connectivity index (χ3n) is 4.07. The number of rotatable bonds is 13. The molecule has 0 aromatic heterocycles. The Morgan fingerprint density at radius 2 is 1.42 bits per heavy atom. The van der Waals surface area contributed by atoms with Crippen LogP contribution in [0.4, 0.5) is 10.5 Å². The molecule has 0 spiro atoms. The van der Waals surface area contributed by atoms with Crippen molar-refractivity contribution >= 4 is 11.8 Å². The van der Waals surface area contributed by atoms with Crippen molar-refractivity contribution in [3.05, 3.63) is 24.3 Å². The molecule has 1 amide bonds. The quantitative estimate of drug-likeness (QED) is 0.439. The lowest BCUT2D eigenvalue weighted by Crippen LogP contribution is -2.14.